The van der Waals surface area contributed by atoms with Crippen molar-refractivity contribution in [2.75, 3.05) is 13.2 Å². The minimum atomic E-state index is -0.856. The van der Waals surface area contributed by atoms with E-state index >= 15 is 0 Å². The molecule has 1 fully saturated rings. The molecule has 0 aliphatic carbocycles. The lowest BCUT2D eigenvalue weighted by Gasteiger charge is -2.18. The van der Waals surface area contributed by atoms with Crippen LogP contribution in [0.4, 0.5) is 0 Å². The van der Waals surface area contributed by atoms with E-state index in [1.807, 2.05) is 0 Å². The lowest BCUT2D eigenvalue weighted by molar-refractivity contribution is -0.137. The van der Waals surface area contributed by atoms with Gasteiger partial charge in [0.2, 0.25) is 11.8 Å². The number of rotatable bonds is 4. The molecule has 1 aromatic heterocycles. The largest absolute Gasteiger partial charge is 0.481 e. The van der Waals surface area contributed by atoms with Gasteiger partial charge in [0.15, 0.2) is 0 Å². The standard InChI is InChI=1S/C10H14N2O4/c13-9(14)2-1-8-11-12-10(16-8)7-3-5-15-6-4-7/h7H,1-6H2,(H,13,14). The van der Waals surface area contributed by atoms with Crippen LogP contribution in [0.2, 0.25) is 0 Å². The van der Waals surface area contributed by atoms with E-state index in [1.165, 1.54) is 0 Å². The Bertz CT molecular complexity index is 357. The highest BCUT2D eigenvalue weighted by Gasteiger charge is 2.21. The van der Waals surface area contributed by atoms with Crippen LogP contribution in [0.15, 0.2) is 4.42 Å². The van der Waals surface area contributed by atoms with Gasteiger partial charge >= 0.3 is 5.97 Å². The Balaban J connectivity index is 1.93. The van der Waals surface area contributed by atoms with Crippen molar-refractivity contribution in [3.63, 3.8) is 0 Å². The molecular formula is C10H14N2O4. The average molecular weight is 226 g/mol. The van der Waals surface area contributed by atoms with Gasteiger partial charge in [0.1, 0.15) is 0 Å². The number of nitrogens with zero attached hydrogens (tertiary/aromatic N) is 2. The van der Waals surface area contributed by atoms with E-state index in [-0.39, 0.29) is 12.3 Å². The number of aromatic nitrogens is 2. The van der Waals surface area contributed by atoms with Crippen LogP contribution in [0.25, 0.3) is 0 Å². The molecule has 0 atom stereocenters. The maximum absolute atomic E-state index is 10.4. The molecule has 6 heteroatoms. The summed E-state index contributed by atoms with van der Waals surface area (Å²) < 4.78 is 10.7. The minimum Gasteiger partial charge on any atom is -0.481 e. The van der Waals surface area contributed by atoms with Gasteiger partial charge in [0, 0.05) is 25.6 Å². The molecule has 0 radical (unpaired) electrons. The maximum Gasteiger partial charge on any atom is 0.303 e. The number of carbonyl (C=O) groups is 1. The fourth-order valence-electron chi connectivity index (χ4n) is 1.69. The molecule has 6 nitrogen and oxygen atoms in total. The van der Waals surface area contributed by atoms with E-state index in [1.54, 1.807) is 0 Å². The quantitative estimate of drug-likeness (QED) is 0.823. The van der Waals surface area contributed by atoms with Crippen LogP contribution >= 0.6 is 0 Å². The van der Waals surface area contributed by atoms with Crippen LogP contribution in [0.5, 0.6) is 0 Å². The van der Waals surface area contributed by atoms with Crippen LogP contribution < -0.4 is 0 Å². The van der Waals surface area contributed by atoms with E-state index in [2.05, 4.69) is 10.2 Å². The lowest BCUT2D eigenvalue weighted by Crippen LogP contribution is -2.14. The SMILES string of the molecule is O=C(O)CCc1nnc(C2CCOCC2)o1. The van der Waals surface area contributed by atoms with Crippen LogP contribution in [0, 0.1) is 0 Å². The second-order valence-corrected chi connectivity index (χ2v) is 3.81. The number of aryl methyl sites for hydroxylation is 1. The molecule has 0 spiro atoms. The normalized spacial score (nSPS) is 17.5. The van der Waals surface area contributed by atoms with Gasteiger partial charge in [-0.15, -0.1) is 10.2 Å². The van der Waals surface area contributed by atoms with Crippen molar-refractivity contribution < 1.29 is 19.1 Å². The summed E-state index contributed by atoms with van der Waals surface area (Å²) in [5.41, 5.74) is 0. The zero-order chi connectivity index (χ0) is 11.4. The summed E-state index contributed by atoms with van der Waals surface area (Å²) >= 11 is 0. The highest BCUT2D eigenvalue weighted by molar-refractivity contribution is 5.66. The maximum atomic E-state index is 10.4. The van der Waals surface area contributed by atoms with Gasteiger partial charge in [-0.1, -0.05) is 0 Å². The van der Waals surface area contributed by atoms with Gasteiger partial charge in [0.05, 0.1) is 6.42 Å². The summed E-state index contributed by atoms with van der Waals surface area (Å²) in [5.74, 6) is 0.429. The zero-order valence-electron chi connectivity index (χ0n) is 8.89. The van der Waals surface area contributed by atoms with E-state index in [0.717, 1.165) is 26.1 Å². The summed E-state index contributed by atoms with van der Waals surface area (Å²) in [7, 11) is 0. The molecule has 0 unspecified atom stereocenters. The Hall–Kier alpha value is -1.43. The third-order valence-corrected chi connectivity index (χ3v) is 2.61. The smallest absolute Gasteiger partial charge is 0.303 e. The molecule has 0 aromatic carbocycles. The number of ether oxygens (including phenoxy) is 1. The molecular weight excluding hydrogens is 212 g/mol. The van der Waals surface area contributed by atoms with Crippen LogP contribution in [-0.4, -0.2) is 34.5 Å². The van der Waals surface area contributed by atoms with Gasteiger partial charge in [-0.05, 0) is 12.8 Å². The van der Waals surface area contributed by atoms with Crippen molar-refractivity contribution in [1.82, 2.24) is 10.2 Å². The average Bonchev–Trinajstić information content (AvgIpc) is 2.76. The third-order valence-electron chi connectivity index (χ3n) is 2.61. The molecule has 0 amide bonds. The molecule has 88 valence electrons. The first-order chi connectivity index (χ1) is 7.75. The monoisotopic (exact) mass is 226 g/mol. The van der Waals surface area contributed by atoms with E-state index in [0.29, 0.717) is 18.2 Å². The van der Waals surface area contributed by atoms with Crippen molar-refractivity contribution in [2.24, 2.45) is 0 Å². The predicted octanol–water partition coefficient (Wildman–Crippen LogP) is 0.981. The van der Waals surface area contributed by atoms with Crippen molar-refractivity contribution in [3.8, 4) is 0 Å². The van der Waals surface area contributed by atoms with Crippen molar-refractivity contribution >= 4 is 5.97 Å². The summed E-state index contributed by atoms with van der Waals surface area (Å²) in [6.45, 7) is 1.44. The highest BCUT2D eigenvalue weighted by atomic mass is 16.5. The van der Waals surface area contributed by atoms with E-state index in [9.17, 15) is 4.79 Å². The van der Waals surface area contributed by atoms with Gasteiger partial charge in [-0.25, -0.2) is 0 Å². The van der Waals surface area contributed by atoms with E-state index in [4.69, 9.17) is 14.3 Å². The van der Waals surface area contributed by atoms with Crippen molar-refractivity contribution in [2.45, 2.75) is 31.6 Å². The minimum absolute atomic E-state index is 0.0232. The second kappa shape index (κ2) is 5.07. The van der Waals surface area contributed by atoms with Crippen LogP contribution in [0.1, 0.15) is 37.0 Å². The number of carboxylic acid groups (broad SMARTS) is 1. The summed E-state index contributed by atoms with van der Waals surface area (Å²) in [5, 5.41) is 16.3. The van der Waals surface area contributed by atoms with Gasteiger partial charge in [0.25, 0.3) is 0 Å². The highest BCUT2D eigenvalue weighted by Crippen LogP contribution is 2.25. The molecule has 1 saturated heterocycles. The molecule has 0 bridgehead atoms. The second-order valence-electron chi connectivity index (χ2n) is 3.81. The number of aliphatic carboxylic acids is 1. The molecule has 1 N–H and O–H groups in total. The zero-order valence-corrected chi connectivity index (χ0v) is 8.89. The Kier molecular flexibility index (Phi) is 3.51. The van der Waals surface area contributed by atoms with Crippen molar-refractivity contribution in [3.05, 3.63) is 11.8 Å². The Morgan fingerprint density at radius 2 is 2.12 bits per heavy atom. The molecule has 16 heavy (non-hydrogen) atoms. The summed E-state index contributed by atoms with van der Waals surface area (Å²) in [6.07, 6.45) is 2.10. The van der Waals surface area contributed by atoms with Gasteiger partial charge in [-0.2, -0.15) is 0 Å². The third kappa shape index (κ3) is 2.79. The summed E-state index contributed by atoms with van der Waals surface area (Å²) in [6, 6.07) is 0. The lowest BCUT2D eigenvalue weighted by atomic mass is 10.0. The fourth-order valence-corrected chi connectivity index (χ4v) is 1.69. The Morgan fingerprint density at radius 1 is 1.38 bits per heavy atom. The predicted molar refractivity (Wildman–Crippen MR) is 53.0 cm³/mol. The molecule has 1 aliphatic rings. The first kappa shape index (κ1) is 11.1. The first-order valence-electron chi connectivity index (χ1n) is 5.37. The van der Waals surface area contributed by atoms with E-state index < -0.39 is 5.97 Å². The number of hydrogen-bond donors (Lipinski definition) is 1. The number of hydrogen-bond acceptors (Lipinski definition) is 5. The Labute approximate surface area is 92.6 Å². The Morgan fingerprint density at radius 3 is 2.81 bits per heavy atom. The van der Waals surface area contributed by atoms with Crippen LogP contribution in [0.3, 0.4) is 0 Å². The molecule has 2 rings (SSSR count). The van der Waals surface area contributed by atoms with Crippen LogP contribution in [-0.2, 0) is 16.0 Å². The fraction of sp³-hybridized carbons (Fsp3) is 0.700. The molecule has 0 saturated carbocycles. The number of carboxylic acids is 1. The first-order valence-corrected chi connectivity index (χ1v) is 5.37. The molecule has 1 aliphatic heterocycles. The van der Waals surface area contributed by atoms with Gasteiger partial charge in [-0.3, -0.25) is 4.79 Å². The molecule has 2 heterocycles. The topological polar surface area (TPSA) is 85.5 Å². The summed E-state index contributed by atoms with van der Waals surface area (Å²) in [4.78, 5) is 10.4. The van der Waals surface area contributed by atoms with Gasteiger partial charge < -0.3 is 14.3 Å². The molecule has 1 aromatic rings. The van der Waals surface area contributed by atoms with Crippen molar-refractivity contribution in [1.29, 1.82) is 0 Å².